The van der Waals surface area contributed by atoms with E-state index in [2.05, 4.69) is 0 Å². The quantitative estimate of drug-likeness (QED) is 0.782. The first-order valence-corrected chi connectivity index (χ1v) is 9.06. The summed E-state index contributed by atoms with van der Waals surface area (Å²) in [5, 5.41) is 1.51. The van der Waals surface area contributed by atoms with Crippen LogP contribution in [0.15, 0.2) is 18.2 Å². The molecular formula is C18H19ClN2O4. The average Bonchev–Trinajstić information content (AvgIpc) is 3.25. The summed E-state index contributed by atoms with van der Waals surface area (Å²) in [6.07, 6.45) is 1.43. The molecule has 0 aliphatic carbocycles. The number of amides is 1. The Morgan fingerprint density at radius 2 is 1.84 bits per heavy atom. The van der Waals surface area contributed by atoms with Crippen molar-refractivity contribution in [1.82, 2.24) is 9.47 Å². The molecule has 25 heavy (non-hydrogen) atoms. The second kappa shape index (κ2) is 5.62. The highest BCUT2D eigenvalue weighted by molar-refractivity contribution is 6.36. The largest absolute Gasteiger partial charge is 0.490 e. The molecule has 5 rings (SSSR count). The number of carbonyl (C=O) groups is 1. The number of hydrogen-bond acceptors (Lipinski definition) is 4. The van der Waals surface area contributed by atoms with Gasteiger partial charge in [-0.3, -0.25) is 4.79 Å². The van der Waals surface area contributed by atoms with E-state index in [0.29, 0.717) is 63.0 Å². The Kier molecular flexibility index (Phi) is 3.48. The molecular weight excluding hydrogens is 344 g/mol. The van der Waals surface area contributed by atoms with Gasteiger partial charge in [-0.25, -0.2) is 0 Å². The highest BCUT2D eigenvalue weighted by atomic mass is 35.5. The molecule has 3 aliphatic rings. The molecule has 1 amide bonds. The minimum absolute atomic E-state index is 0.0352. The lowest BCUT2D eigenvalue weighted by atomic mass is 10.0. The lowest BCUT2D eigenvalue weighted by Gasteiger charge is -2.37. The fraction of sp³-hybridized carbons (Fsp3) is 0.500. The van der Waals surface area contributed by atoms with E-state index < -0.39 is 5.79 Å². The van der Waals surface area contributed by atoms with E-state index in [1.165, 1.54) is 0 Å². The lowest BCUT2D eigenvalue weighted by molar-refractivity contribution is -0.181. The third-order valence-corrected chi connectivity index (χ3v) is 5.72. The van der Waals surface area contributed by atoms with Crippen LogP contribution in [0.4, 0.5) is 0 Å². The van der Waals surface area contributed by atoms with Crippen LogP contribution in [0.1, 0.15) is 23.3 Å². The van der Waals surface area contributed by atoms with Crippen molar-refractivity contribution in [3.63, 3.8) is 0 Å². The zero-order valence-electron chi connectivity index (χ0n) is 13.8. The molecule has 132 valence electrons. The van der Waals surface area contributed by atoms with E-state index in [0.717, 1.165) is 16.7 Å². The molecule has 1 aromatic heterocycles. The van der Waals surface area contributed by atoms with Gasteiger partial charge in [0.2, 0.25) is 0 Å². The van der Waals surface area contributed by atoms with Crippen molar-refractivity contribution >= 4 is 28.4 Å². The van der Waals surface area contributed by atoms with Crippen LogP contribution in [0.5, 0.6) is 5.75 Å². The molecule has 0 atom stereocenters. The van der Waals surface area contributed by atoms with Crippen molar-refractivity contribution in [2.75, 3.05) is 32.9 Å². The number of benzene rings is 1. The Bertz CT molecular complexity index is 846. The third kappa shape index (κ3) is 2.35. The van der Waals surface area contributed by atoms with Crippen molar-refractivity contribution in [1.29, 1.82) is 0 Å². The molecule has 1 spiro atoms. The fourth-order valence-electron chi connectivity index (χ4n) is 4.09. The van der Waals surface area contributed by atoms with Gasteiger partial charge in [-0.1, -0.05) is 11.6 Å². The Labute approximate surface area is 150 Å². The fourth-order valence-corrected chi connectivity index (χ4v) is 4.29. The van der Waals surface area contributed by atoms with Crippen molar-refractivity contribution in [2.24, 2.45) is 0 Å². The first-order valence-electron chi connectivity index (χ1n) is 8.69. The van der Waals surface area contributed by atoms with Gasteiger partial charge in [0.05, 0.1) is 30.3 Å². The summed E-state index contributed by atoms with van der Waals surface area (Å²) < 4.78 is 19.3. The molecule has 1 aromatic carbocycles. The van der Waals surface area contributed by atoms with Crippen LogP contribution in [0.25, 0.3) is 10.9 Å². The Morgan fingerprint density at radius 3 is 2.60 bits per heavy atom. The van der Waals surface area contributed by atoms with Gasteiger partial charge >= 0.3 is 0 Å². The maximum absolute atomic E-state index is 13.1. The van der Waals surface area contributed by atoms with Crippen LogP contribution < -0.4 is 4.74 Å². The molecule has 0 radical (unpaired) electrons. The zero-order chi connectivity index (χ0) is 17.0. The molecule has 6 nitrogen and oxygen atoms in total. The summed E-state index contributed by atoms with van der Waals surface area (Å²) in [4.78, 5) is 15.0. The minimum Gasteiger partial charge on any atom is -0.490 e. The van der Waals surface area contributed by atoms with Gasteiger partial charge in [-0.15, -0.1) is 0 Å². The number of rotatable bonds is 1. The first-order chi connectivity index (χ1) is 12.2. The van der Waals surface area contributed by atoms with Gasteiger partial charge in [0, 0.05) is 31.3 Å². The van der Waals surface area contributed by atoms with Crippen LogP contribution in [0.3, 0.4) is 0 Å². The van der Waals surface area contributed by atoms with Gasteiger partial charge in [-0.05, 0) is 18.2 Å². The SMILES string of the molecule is O=C(c1cc2c(Cl)ccc3c2n1CCO3)N1CCC2(CC1)OCCO2. The van der Waals surface area contributed by atoms with E-state index in [-0.39, 0.29) is 5.91 Å². The monoisotopic (exact) mass is 362 g/mol. The molecule has 2 aromatic rings. The van der Waals surface area contributed by atoms with Gasteiger partial charge < -0.3 is 23.7 Å². The van der Waals surface area contributed by atoms with E-state index in [1.807, 2.05) is 27.7 Å². The number of likely N-dealkylation sites (tertiary alicyclic amines) is 1. The standard InChI is InChI=1S/C18H19ClN2O4/c19-13-1-2-15-16-12(13)11-14(21(16)7-8-23-15)17(22)20-5-3-18(4-6-20)24-9-10-25-18/h1-2,11H,3-10H2. The molecule has 4 heterocycles. The summed E-state index contributed by atoms with van der Waals surface area (Å²) in [7, 11) is 0. The molecule has 3 aliphatic heterocycles. The zero-order valence-corrected chi connectivity index (χ0v) is 14.6. The van der Waals surface area contributed by atoms with Gasteiger partial charge in [-0.2, -0.15) is 0 Å². The van der Waals surface area contributed by atoms with E-state index in [9.17, 15) is 4.79 Å². The second-order valence-electron chi connectivity index (χ2n) is 6.74. The molecule has 0 unspecified atom stereocenters. The Hall–Kier alpha value is -1.76. The van der Waals surface area contributed by atoms with Crippen LogP contribution in [-0.2, 0) is 16.0 Å². The smallest absolute Gasteiger partial charge is 0.270 e. The summed E-state index contributed by atoms with van der Waals surface area (Å²) in [6, 6.07) is 5.59. The summed E-state index contributed by atoms with van der Waals surface area (Å²) in [5.41, 5.74) is 1.59. The number of aromatic nitrogens is 1. The molecule has 0 bridgehead atoms. The number of nitrogens with zero attached hydrogens (tertiary/aromatic N) is 2. The minimum atomic E-state index is -0.473. The molecule has 0 saturated carbocycles. The normalized spacial score (nSPS) is 21.7. The van der Waals surface area contributed by atoms with E-state index in [4.69, 9.17) is 25.8 Å². The van der Waals surface area contributed by atoms with Gasteiger partial charge in [0.15, 0.2) is 5.79 Å². The number of ether oxygens (including phenoxy) is 3. The van der Waals surface area contributed by atoms with E-state index in [1.54, 1.807) is 0 Å². The van der Waals surface area contributed by atoms with Crippen molar-refractivity contribution in [3.05, 3.63) is 28.9 Å². The van der Waals surface area contributed by atoms with Gasteiger partial charge in [0.25, 0.3) is 5.91 Å². The first kappa shape index (κ1) is 15.5. The highest BCUT2D eigenvalue weighted by Gasteiger charge is 2.41. The van der Waals surface area contributed by atoms with Crippen molar-refractivity contribution in [2.45, 2.75) is 25.2 Å². The summed E-state index contributed by atoms with van der Waals surface area (Å²) >= 11 is 6.34. The lowest BCUT2D eigenvalue weighted by Crippen LogP contribution is -2.47. The second-order valence-corrected chi connectivity index (χ2v) is 7.14. The Balaban J connectivity index is 1.47. The van der Waals surface area contributed by atoms with Crippen molar-refractivity contribution < 1.29 is 19.0 Å². The maximum atomic E-state index is 13.1. The predicted molar refractivity (Wildman–Crippen MR) is 92.2 cm³/mol. The van der Waals surface area contributed by atoms with E-state index >= 15 is 0 Å². The number of hydrogen-bond donors (Lipinski definition) is 0. The number of carbonyl (C=O) groups excluding carboxylic acids is 1. The van der Waals surface area contributed by atoms with Crippen molar-refractivity contribution in [3.8, 4) is 5.75 Å². The molecule has 2 saturated heterocycles. The highest BCUT2D eigenvalue weighted by Crippen LogP contribution is 2.37. The predicted octanol–water partition coefficient (Wildman–Crippen LogP) is 2.67. The molecule has 7 heteroatoms. The summed E-state index contributed by atoms with van der Waals surface area (Å²) in [6.45, 7) is 3.77. The summed E-state index contributed by atoms with van der Waals surface area (Å²) in [5.74, 6) is 0.349. The van der Waals surface area contributed by atoms with Crippen LogP contribution >= 0.6 is 11.6 Å². The average molecular weight is 363 g/mol. The molecule has 0 N–H and O–H groups in total. The topological polar surface area (TPSA) is 52.9 Å². The molecule has 2 fully saturated rings. The van der Waals surface area contributed by atoms with Crippen LogP contribution in [0.2, 0.25) is 5.02 Å². The third-order valence-electron chi connectivity index (χ3n) is 5.39. The van der Waals surface area contributed by atoms with Crippen LogP contribution in [-0.4, -0.2) is 54.1 Å². The maximum Gasteiger partial charge on any atom is 0.270 e. The Morgan fingerprint density at radius 1 is 1.08 bits per heavy atom. The number of halogens is 1. The number of piperidine rings is 1. The van der Waals surface area contributed by atoms with Crippen LogP contribution in [0, 0.1) is 0 Å². The van der Waals surface area contributed by atoms with Gasteiger partial charge in [0.1, 0.15) is 18.1 Å².